The number of nitrogens with one attached hydrogen (secondary N) is 1. The Labute approximate surface area is 118 Å². The van der Waals surface area contributed by atoms with Gasteiger partial charge in [0.05, 0.1) is 12.2 Å². The largest absolute Gasteiger partial charge is 0.375 e. The first kappa shape index (κ1) is 13.8. The maximum absolute atomic E-state index is 5.86. The van der Waals surface area contributed by atoms with Crippen molar-refractivity contribution < 1.29 is 4.74 Å². The second-order valence-corrected chi connectivity index (χ2v) is 7.04. The molecule has 1 N–H and O–H groups in total. The quantitative estimate of drug-likeness (QED) is 0.845. The molecule has 2 heterocycles. The molecule has 0 spiro atoms. The molecule has 2 atom stereocenters. The van der Waals surface area contributed by atoms with E-state index in [-0.39, 0.29) is 0 Å². The fraction of sp³-hybridized carbons (Fsp3) is 1.00. The van der Waals surface area contributed by atoms with Crippen LogP contribution in [0.1, 0.15) is 52.4 Å². The third-order valence-corrected chi connectivity index (χ3v) is 5.11. The summed E-state index contributed by atoms with van der Waals surface area (Å²) in [5.41, 5.74) is 0. The minimum absolute atomic E-state index is 0.444. The second kappa shape index (κ2) is 6.11. The van der Waals surface area contributed by atoms with Crippen LogP contribution in [0, 0.1) is 5.92 Å². The molecule has 3 nitrogen and oxygen atoms in total. The molecule has 0 bridgehead atoms. The lowest BCUT2D eigenvalue weighted by Gasteiger charge is -2.42. The SMILES string of the molecule is CC1CC(N2CCC(NCC3CC3)CC2)CC(C)O1. The lowest BCUT2D eigenvalue weighted by molar-refractivity contribution is -0.0686. The van der Waals surface area contributed by atoms with Crippen LogP contribution in [0.15, 0.2) is 0 Å². The van der Waals surface area contributed by atoms with E-state index in [1.165, 1.54) is 58.2 Å². The molecule has 0 aromatic rings. The Morgan fingerprint density at radius 2 is 1.63 bits per heavy atom. The predicted molar refractivity (Wildman–Crippen MR) is 78.4 cm³/mol. The predicted octanol–water partition coefficient (Wildman–Crippen LogP) is 2.41. The van der Waals surface area contributed by atoms with Gasteiger partial charge in [-0.1, -0.05) is 0 Å². The zero-order valence-electron chi connectivity index (χ0n) is 12.6. The van der Waals surface area contributed by atoms with Crippen molar-refractivity contribution in [1.29, 1.82) is 0 Å². The molecular formula is C16H30N2O. The van der Waals surface area contributed by atoms with E-state index in [1.807, 2.05) is 0 Å². The summed E-state index contributed by atoms with van der Waals surface area (Å²) in [7, 11) is 0. The molecule has 0 aromatic carbocycles. The van der Waals surface area contributed by atoms with Crippen molar-refractivity contribution in [2.45, 2.75) is 76.7 Å². The maximum atomic E-state index is 5.86. The van der Waals surface area contributed by atoms with Crippen molar-refractivity contribution in [2.24, 2.45) is 5.92 Å². The maximum Gasteiger partial charge on any atom is 0.0565 e. The zero-order valence-corrected chi connectivity index (χ0v) is 12.6. The van der Waals surface area contributed by atoms with Crippen LogP contribution in [0.2, 0.25) is 0 Å². The molecule has 3 heteroatoms. The van der Waals surface area contributed by atoms with Crippen LogP contribution in [0.4, 0.5) is 0 Å². The molecule has 0 aromatic heterocycles. The van der Waals surface area contributed by atoms with Crippen molar-refractivity contribution in [3.05, 3.63) is 0 Å². The number of nitrogens with zero attached hydrogens (tertiary/aromatic N) is 1. The molecule has 0 radical (unpaired) electrons. The van der Waals surface area contributed by atoms with Crippen LogP contribution in [-0.2, 0) is 4.74 Å². The highest BCUT2D eigenvalue weighted by Crippen LogP contribution is 2.29. The van der Waals surface area contributed by atoms with Crippen molar-refractivity contribution in [3.63, 3.8) is 0 Å². The smallest absolute Gasteiger partial charge is 0.0565 e. The topological polar surface area (TPSA) is 24.5 Å². The number of hydrogen-bond donors (Lipinski definition) is 1. The van der Waals surface area contributed by atoms with E-state index in [9.17, 15) is 0 Å². The van der Waals surface area contributed by atoms with Gasteiger partial charge in [-0.25, -0.2) is 0 Å². The Bertz CT molecular complexity index is 274. The summed E-state index contributed by atoms with van der Waals surface area (Å²) in [5, 5.41) is 3.77. The van der Waals surface area contributed by atoms with Crippen LogP contribution in [0.3, 0.4) is 0 Å². The monoisotopic (exact) mass is 266 g/mol. The van der Waals surface area contributed by atoms with E-state index in [0.717, 1.165) is 18.0 Å². The molecule has 2 aliphatic heterocycles. The minimum Gasteiger partial charge on any atom is -0.375 e. The zero-order chi connectivity index (χ0) is 13.2. The van der Waals surface area contributed by atoms with Gasteiger partial charge in [-0.05, 0) is 77.9 Å². The van der Waals surface area contributed by atoms with Gasteiger partial charge in [-0.15, -0.1) is 0 Å². The summed E-state index contributed by atoms with van der Waals surface area (Å²) in [5.74, 6) is 1.01. The van der Waals surface area contributed by atoms with E-state index in [1.54, 1.807) is 0 Å². The van der Waals surface area contributed by atoms with Gasteiger partial charge in [-0.2, -0.15) is 0 Å². The Kier molecular flexibility index (Phi) is 4.45. The molecule has 1 aliphatic carbocycles. The summed E-state index contributed by atoms with van der Waals surface area (Å²) in [6, 6.07) is 1.55. The van der Waals surface area contributed by atoms with Crippen molar-refractivity contribution in [3.8, 4) is 0 Å². The van der Waals surface area contributed by atoms with E-state index in [0.29, 0.717) is 12.2 Å². The Morgan fingerprint density at radius 3 is 2.21 bits per heavy atom. The van der Waals surface area contributed by atoms with Crippen LogP contribution < -0.4 is 5.32 Å². The van der Waals surface area contributed by atoms with Gasteiger partial charge >= 0.3 is 0 Å². The Hall–Kier alpha value is -0.120. The van der Waals surface area contributed by atoms with Crippen molar-refractivity contribution in [2.75, 3.05) is 19.6 Å². The highest BCUT2D eigenvalue weighted by atomic mass is 16.5. The van der Waals surface area contributed by atoms with E-state index in [4.69, 9.17) is 4.74 Å². The fourth-order valence-corrected chi connectivity index (χ4v) is 3.79. The standard InChI is InChI=1S/C16H30N2O/c1-12-9-16(10-13(2)19-12)18-7-5-15(6-8-18)17-11-14-3-4-14/h12-17H,3-11H2,1-2H3. The average molecular weight is 266 g/mol. The third-order valence-electron chi connectivity index (χ3n) is 5.11. The number of hydrogen-bond acceptors (Lipinski definition) is 3. The van der Waals surface area contributed by atoms with Crippen LogP contribution in [0.5, 0.6) is 0 Å². The van der Waals surface area contributed by atoms with Gasteiger partial charge in [-0.3, -0.25) is 0 Å². The van der Waals surface area contributed by atoms with Gasteiger partial charge in [0.25, 0.3) is 0 Å². The molecule has 110 valence electrons. The third kappa shape index (κ3) is 3.93. The van der Waals surface area contributed by atoms with Gasteiger partial charge < -0.3 is 15.0 Å². The number of rotatable bonds is 4. The van der Waals surface area contributed by atoms with Gasteiger partial charge in [0, 0.05) is 12.1 Å². The van der Waals surface area contributed by atoms with E-state index in [2.05, 4.69) is 24.1 Å². The molecule has 2 unspecified atom stereocenters. The molecule has 3 aliphatic rings. The average Bonchev–Trinajstić information content (AvgIpc) is 3.20. The molecule has 19 heavy (non-hydrogen) atoms. The van der Waals surface area contributed by atoms with Crippen LogP contribution >= 0.6 is 0 Å². The highest BCUT2D eigenvalue weighted by Gasteiger charge is 2.31. The number of ether oxygens (including phenoxy) is 1. The fourth-order valence-electron chi connectivity index (χ4n) is 3.79. The number of likely N-dealkylation sites (tertiary alicyclic amines) is 1. The van der Waals surface area contributed by atoms with Gasteiger partial charge in [0.15, 0.2) is 0 Å². The van der Waals surface area contributed by atoms with Crippen LogP contribution in [-0.4, -0.2) is 48.8 Å². The van der Waals surface area contributed by atoms with E-state index >= 15 is 0 Å². The Balaban J connectivity index is 1.41. The van der Waals surface area contributed by atoms with Gasteiger partial charge in [0.2, 0.25) is 0 Å². The molecular weight excluding hydrogens is 236 g/mol. The number of piperidine rings is 1. The van der Waals surface area contributed by atoms with Crippen molar-refractivity contribution >= 4 is 0 Å². The van der Waals surface area contributed by atoms with E-state index < -0.39 is 0 Å². The van der Waals surface area contributed by atoms with Crippen molar-refractivity contribution in [1.82, 2.24) is 10.2 Å². The molecule has 3 fully saturated rings. The van der Waals surface area contributed by atoms with Crippen LogP contribution in [0.25, 0.3) is 0 Å². The van der Waals surface area contributed by atoms with Gasteiger partial charge in [0.1, 0.15) is 0 Å². The molecule has 1 saturated carbocycles. The summed E-state index contributed by atoms with van der Waals surface area (Å²) >= 11 is 0. The molecule has 3 rings (SSSR count). The first-order valence-electron chi connectivity index (χ1n) is 8.33. The normalized spacial score (nSPS) is 38.5. The Morgan fingerprint density at radius 1 is 1.00 bits per heavy atom. The molecule has 2 saturated heterocycles. The second-order valence-electron chi connectivity index (χ2n) is 7.04. The summed E-state index contributed by atoms with van der Waals surface area (Å²) < 4.78 is 5.86. The lowest BCUT2D eigenvalue weighted by atomic mass is 9.95. The highest BCUT2D eigenvalue weighted by molar-refractivity contribution is 4.87. The summed E-state index contributed by atoms with van der Waals surface area (Å²) in [6.45, 7) is 8.30. The first-order chi connectivity index (χ1) is 9.20. The summed E-state index contributed by atoms with van der Waals surface area (Å²) in [6.07, 6.45) is 8.95. The molecule has 0 amide bonds. The lowest BCUT2D eigenvalue weighted by Crippen LogP contribution is -2.50. The minimum atomic E-state index is 0.444. The first-order valence-corrected chi connectivity index (χ1v) is 8.33. The summed E-state index contributed by atoms with van der Waals surface area (Å²) in [4.78, 5) is 2.73.